The maximum atomic E-state index is 4.69. The van der Waals surface area contributed by atoms with E-state index in [1.807, 2.05) is 18.6 Å². The molecule has 2 saturated heterocycles. The summed E-state index contributed by atoms with van der Waals surface area (Å²) in [6, 6.07) is 4.33. The number of hydrogen-bond acceptors (Lipinski definition) is 7. The molecule has 0 aromatic carbocycles. The van der Waals surface area contributed by atoms with Crippen LogP contribution in [0.2, 0.25) is 0 Å². The highest BCUT2D eigenvalue weighted by Crippen LogP contribution is 2.15. The largest absolute Gasteiger partial charge is 0.355 e. The van der Waals surface area contributed by atoms with Crippen LogP contribution >= 0.6 is 0 Å². The second-order valence-corrected chi connectivity index (χ2v) is 7.86. The van der Waals surface area contributed by atoms with Crippen LogP contribution in [0.15, 0.2) is 30.7 Å². The fourth-order valence-corrected chi connectivity index (χ4v) is 3.85. The summed E-state index contributed by atoms with van der Waals surface area (Å²) in [4.78, 5) is 20.8. The zero-order valence-electron chi connectivity index (χ0n) is 16.8. The molecule has 4 rings (SSSR count). The Kier molecular flexibility index (Phi) is 6.34. The highest BCUT2D eigenvalue weighted by Gasteiger charge is 2.15. The standard InChI is InChI=1S/C21H31N7/c1-26-7-4-10-27(12-11-26)20-6-5-18(15-23-20)13-22-14-19-16-24-21(25-17-19)28-8-2-3-9-28/h5-6,15-17,22H,2-4,7-14H2,1H3. The molecule has 2 aliphatic heterocycles. The van der Waals surface area contributed by atoms with Gasteiger partial charge in [-0.2, -0.15) is 0 Å². The van der Waals surface area contributed by atoms with E-state index in [9.17, 15) is 0 Å². The van der Waals surface area contributed by atoms with Gasteiger partial charge in [-0.1, -0.05) is 6.07 Å². The molecule has 2 aromatic heterocycles. The fraction of sp³-hybridized carbons (Fsp3) is 0.571. The minimum Gasteiger partial charge on any atom is -0.355 e. The Labute approximate surface area is 167 Å². The number of nitrogens with one attached hydrogen (secondary N) is 1. The van der Waals surface area contributed by atoms with Crippen molar-refractivity contribution in [2.45, 2.75) is 32.4 Å². The number of hydrogen-bond donors (Lipinski definition) is 1. The molecule has 28 heavy (non-hydrogen) atoms. The van der Waals surface area contributed by atoms with E-state index in [0.29, 0.717) is 0 Å². The van der Waals surface area contributed by atoms with Gasteiger partial charge in [0.25, 0.3) is 0 Å². The average molecular weight is 382 g/mol. The summed E-state index contributed by atoms with van der Waals surface area (Å²) in [5, 5.41) is 3.47. The van der Waals surface area contributed by atoms with E-state index >= 15 is 0 Å². The van der Waals surface area contributed by atoms with Gasteiger partial charge in [0, 0.05) is 70.0 Å². The molecule has 1 N–H and O–H groups in total. The zero-order valence-corrected chi connectivity index (χ0v) is 16.8. The number of likely N-dealkylation sites (N-methyl/N-ethyl adjacent to an activating group) is 1. The maximum Gasteiger partial charge on any atom is 0.225 e. The van der Waals surface area contributed by atoms with Crippen LogP contribution in [0, 0.1) is 0 Å². The van der Waals surface area contributed by atoms with E-state index in [2.05, 4.69) is 54.1 Å². The summed E-state index contributed by atoms with van der Waals surface area (Å²) in [7, 11) is 2.19. The first-order valence-corrected chi connectivity index (χ1v) is 10.4. The van der Waals surface area contributed by atoms with Crippen molar-refractivity contribution in [3.8, 4) is 0 Å². The molecule has 0 atom stereocenters. The van der Waals surface area contributed by atoms with E-state index in [1.54, 1.807) is 0 Å². The van der Waals surface area contributed by atoms with Gasteiger partial charge in [0.2, 0.25) is 5.95 Å². The second kappa shape index (κ2) is 9.30. The molecule has 0 bridgehead atoms. The van der Waals surface area contributed by atoms with Gasteiger partial charge in [0.1, 0.15) is 5.82 Å². The van der Waals surface area contributed by atoms with E-state index in [4.69, 9.17) is 0 Å². The molecule has 7 heteroatoms. The summed E-state index contributed by atoms with van der Waals surface area (Å²) in [5.41, 5.74) is 2.31. The van der Waals surface area contributed by atoms with E-state index in [-0.39, 0.29) is 0 Å². The van der Waals surface area contributed by atoms with Crippen molar-refractivity contribution in [3.63, 3.8) is 0 Å². The topological polar surface area (TPSA) is 60.4 Å². The molecule has 4 heterocycles. The fourth-order valence-electron chi connectivity index (χ4n) is 3.85. The van der Waals surface area contributed by atoms with Crippen molar-refractivity contribution >= 4 is 11.8 Å². The molecule has 2 aromatic rings. The van der Waals surface area contributed by atoms with Gasteiger partial charge in [-0.25, -0.2) is 15.0 Å². The molecular formula is C21H31N7. The molecule has 7 nitrogen and oxygen atoms in total. The van der Waals surface area contributed by atoms with Crippen LogP contribution < -0.4 is 15.1 Å². The number of rotatable bonds is 6. The first kappa shape index (κ1) is 19.1. The normalized spacial score (nSPS) is 18.5. The number of nitrogens with zero attached hydrogens (tertiary/aromatic N) is 6. The molecule has 0 amide bonds. The highest BCUT2D eigenvalue weighted by atomic mass is 15.3. The van der Waals surface area contributed by atoms with Crippen LogP contribution in [0.3, 0.4) is 0 Å². The van der Waals surface area contributed by atoms with Gasteiger partial charge in [0.15, 0.2) is 0 Å². The monoisotopic (exact) mass is 381 g/mol. The smallest absolute Gasteiger partial charge is 0.225 e. The molecule has 0 saturated carbocycles. The Hall–Kier alpha value is -2.25. The first-order chi connectivity index (χ1) is 13.8. The maximum absolute atomic E-state index is 4.69. The third kappa shape index (κ3) is 4.97. The minimum absolute atomic E-state index is 0.764. The van der Waals surface area contributed by atoms with E-state index in [1.165, 1.54) is 31.4 Å². The number of anilines is 2. The Morgan fingerprint density at radius 1 is 0.750 bits per heavy atom. The van der Waals surface area contributed by atoms with Crippen molar-refractivity contribution < 1.29 is 0 Å². The molecule has 0 aliphatic carbocycles. The SMILES string of the molecule is CN1CCCN(c2ccc(CNCc3cnc(N4CCCC4)nc3)cn2)CC1. The number of pyridine rings is 1. The molecule has 0 radical (unpaired) electrons. The summed E-state index contributed by atoms with van der Waals surface area (Å²) in [6.07, 6.45) is 9.54. The summed E-state index contributed by atoms with van der Waals surface area (Å²) < 4.78 is 0. The van der Waals surface area contributed by atoms with Gasteiger partial charge in [0.05, 0.1) is 0 Å². The van der Waals surface area contributed by atoms with Crippen LogP contribution in [-0.4, -0.2) is 66.2 Å². The second-order valence-electron chi connectivity index (χ2n) is 7.86. The first-order valence-electron chi connectivity index (χ1n) is 10.4. The molecule has 150 valence electrons. The third-order valence-corrected chi connectivity index (χ3v) is 5.59. The van der Waals surface area contributed by atoms with Crippen LogP contribution in [0.5, 0.6) is 0 Å². The van der Waals surface area contributed by atoms with E-state index in [0.717, 1.165) is 63.1 Å². The minimum atomic E-state index is 0.764. The highest BCUT2D eigenvalue weighted by molar-refractivity contribution is 5.39. The number of aromatic nitrogens is 3. The van der Waals surface area contributed by atoms with Gasteiger partial charge in [-0.3, -0.25) is 0 Å². The van der Waals surface area contributed by atoms with Gasteiger partial charge in [-0.15, -0.1) is 0 Å². The molecule has 0 spiro atoms. The van der Waals surface area contributed by atoms with Crippen molar-refractivity contribution in [1.82, 2.24) is 25.2 Å². The van der Waals surface area contributed by atoms with E-state index < -0.39 is 0 Å². The van der Waals surface area contributed by atoms with Crippen molar-refractivity contribution in [3.05, 3.63) is 41.9 Å². The summed E-state index contributed by atoms with van der Waals surface area (Å²) in [5.74, 6) is 1.95. The summed E-state index contributed by atoms with van der Waals surface area (Å²) in [6.45, 7) is 8.12. The lowest BCUT2D eigenvalue weighted by Crippen LogP contribution is -2.29. The van der Waals surface area contributed by atoms with Gasteiger partial charge < -0.3 is 20.0 Å². The Balaban J connectivity index is 1.24. The summed E-state index contributed by atoms with van der Waals surface area (Å²) >= 11 is 0. The zero-order chi connectivity index (χ0) is 19.2. The van der Waals surface area contributed by atoms with Crippen LogP contribution in [0.4, 0.5) is 11.8 Å². The quantitative estimate of drug-likeness (QED) is 0.820. The molecule has 2 aliphatic rings. The Morgan fingerprint density at radius 3 is 2.21 bits per heavy atom. The van der Waals surface area contributed by atoms with Crippen molar-refractivity contribution in [2.24, 2.45) is 0 Å². The van der Waals surface area contributed by atoms with Gasteiger partial charge >= 0.3 is 0 Å². The van der Waals surface area contributed by atoms with Crippen LogP contribution in [-0.2, 0) is 13.1 Å². The molecule has 0 unspecified atom stereocenters. The predicted octanol–water partition coefficient (Wildman–Crippen LogP) is 1.90. The lowest BCUT2D eigenvalue weighted by atomic mass is 10.2. The average Bonchev–Trinajstić information content (AvgIpc) is 3.18. The van der Waals surface area contributed by atoms with Crippen molar-refractivity contribution in [1.29, 1.82) is 0 Å². The lowest BCUT2D eigenvalue weighted by molar-refractivity contribution is 0.360. The van der Waals surface area contributed by atoms with Crippen LogP contribution in [0.25, 0.3) is 0 Å². The van der Waals surface area contributed by atoms with Crippen LogP contribution in [0.1, 0.15) is 30.4 Å². The molecular weight excluding hydrogens is 350 g/mol. The third-order valence-electron chi connectivity index (χ3n) is 5.59. The lowest BCUT2D eigenvalue weighted by Gasteiger charge is -2.21. The predicted molar refractivity (Wildman–Crippen MR) is 113 cm³/mol. The Bertz CT molecular complexity index is 725. The molecule has 2 fully saturated rings. The van der Waals surface area contributed by atoms with Gasteiger partial charge in [-0.05, 0) is 44.5 Å². The van der Waals surface area contributed by atoms with Crippen molar-refractivity contribution in [2.75, 3.05) is 56.1 Å². The Morgan fingerprint density at radius 2 is 1.46 bits per heavy atom.